The number of nitrogens with one attached hydrogen (secondary N) is 1. The standard InChI is InChI=1S/C15H15NO4/c1-10(11-5-3-2-4-6-11)14(17)16-9-12-7-8-13(20-12)15(18)19/h2-8,10H,9H2,1H3,(H,16,17)(H,18,19). The van der Waals surface area contributed by atoms with Gasteiger partial charge in [-0.15, -0.1) is 0 Å². The van der Waals surface area contributed by atoms with Crippen LogP contribution in [0.5, 0.6) is 0 Å². The van der Waals surface area contributed by atoms with Crippen LogP contribution >= 0.6 is 0 Å². The second kappa shape index (κ2) is 6.06. The molecule has 0 radical (unpaired) electrons. The van der Waals surface area contributed by atoms with Gasteiger partial charge in [0.05, 0.1) is 12.5 Å². The van der Waals surface area contributed by atoms with Gasteiger partial charge in [-0.25, -0.2) is 4.79 Å². The van der Waals surface area contributed by atoms with E-state index in [1.54, 1.807) is 0 Å². The third-order valence-electron chi connectivity index (χ3n) is 3.00. The molecule has 5 heteroatoms. The van der Waals surface area contributed by atoms with Crippen LogP contribution in [-0.2, 0) is 11.3 Å². The van der Waals surface area contributed by atoms with Crippen molar-refractivity contribution in [2.24, 2.45) is 0 Å². The maximum absolute atomic E-state index is 12.0. The monoisotopic (exact) mass is 273 g/mol. The summed E-state index contributed by atoms with van der Waals surface area (Å²) in [6.45, 7) is 1.98. The Kier molecular flexibility index (Phi) is 4.20. The van der Waals surface area contributed by atoms with E-state index in [0.717, 1.165) is 5.56 Å². The van der Waals surface area contributed by atoms with E-state index in [1.807, 2.05) is 37.3 Å². The summed E-state index contributed by atoms with van der Waals surface area (Å²) in [4.78, 5) is 22.7. The van der Waals surface area contributed by atoms with Crippen molar-refractivity contribution in [3.05, 3.63) is 59.5 Å². The van der Waals surface area contributed by atoms with E-state index in [4.69, 9.17) is 9.52 Å². The molecule has 1 unspecified atom stereocenters. The van der Waals surface area contributed by atoms with Gasteiger partial charge in [-0.3, -0.25) is 4.79 Å². The molecule has 1 atom stereocenters. The first-order valence-electron chi connectivity index (χ1n) is 6.22. The Morgan fingerprint density at radius 3 is 2.50 bits per heavy atom. The molecule has 0 saturated heterocycles. The fraction of sp³-hybridized carbons (Fsp3) is 0.200. The minimum atomic E-state index is -1.12. The van der Waals surface area contributed by atoms with E-state index in [1.165, 1.54) is 12.1 Å². The van der Waals surface area contributed by atoms with Crippen molar-refractivity contribution in [3.63, 3.8) is 0 Å². The molecule has 0 aliphatic rings. The number of carboxylic acids is 1. The molecule has 1 aromatic carbocycles. The second-order valence-electron chi connectivity index (χ2n) is 4.42. The van der Waals surface area contributed by atoms with Gasteiger partial charge in [0.25, 0.3) is 0 Å². The van der Waals surface area contributed by atoms with Gasteiger partial charge in [0, 0.05) is 0 Å². The molecule has 2 N–H and O–H groups in total. The molecule has 1 amide bonds. The van der Waals surface area contributed by atoms with Crippen LogP contribution in [0.1, 0.15) is 34.7 Å². The molecule has 0 bridgehead atoms. The Morgan fingerprint density at radius 1 is 1.20 bits per heavy atom. The lowest BCUT2D eigenvalue weighted by atomic mass is 10.0. The molecule has 2 rings (SSSR count). The number of amides is 1. The number of carboxylic acid groups (broad SMARTS) is 1. The summed E-state index contributed by atoms with van der Waals surface area (Å²) in [7, 11) is 0. The van der Waals surface area contributed by atoms with Gasteiger partial charge < -0.3 is 14.8 Å². The van der Waals surface area contributed by atoms with E-state index < -0.39 is 5.97 Å². The smallest absolute Gasteiger partial charge is 0.371 e. The van der Waals surface area contributed by atoms with Crippen molar-refractivity contribution < 1.29 is 19.1 Å². The summed E-state index contributed by atoms with van der Waals surface area (Å²) < 4.78 is 5.07. The summed E-state index contributed by atoms with van der Waals surface area (Å²) in [5.41, 5.74) is 0.927. The number of rotatable bonds is 5. The Bertz CT molecular complexity index is 603. The molecule has 104 valence electrons. The first kappa shape index (κ1) is 13.9. The summed E-state index contributed by atoms with van der Waals surface area (Å²) >= 11 is 0. The second-order valence-corrected chi connectivity index (χ2v) is 4.42. The molecular formula is C15H15NO4. The number of hydrogen-bond donors (Lipinski definition) is 2. The fourth-order valence-corrected chi connectivity index (χ4v) is 1.81. The lowest BCUT2D eigenvalue weighted by Crippen LogP contribution is -2.27. The third-order valence-corrected chi connectivity index (χ3v) is 3.00. The van der Waals surface area contributed by atoms with Gasteiger partial charge in [-0.05, 0) is 24.6 Å². The molecule has 0 aliphatic carbocycles. The zero-order valence-electron chi connectivity index (χ0n) is 11.0. The average molecular weight is 273 g/mol. The highest BCUT2D eigenvalue weighted by Gasteiger charge is 2.15. The van der Waals surface area contributed by atoms with Crippen molar-refractivity contribution in [2.45, 2.75) is 19.4 Å². The number of carbonyl (C=O) groups excluding carboxylic acids is 1. The summed E-state index contributed by atoms with van der Waals surface area (Å²) in [6.07, 6.45) is 0. The quantitative estimate of drug-likeness (QED) is 0.876. The highest BCUT2D eigenvalue weighted by Crippen LogP contribution is 2.15. The maximum atomic E-state index is 12.0. The van der Waals surface area contributed by atoms with Gasteiger partial charge in [-0.1, -0.05) is 30.3 Å². The molecule has 0 aliphatic heterocycles. The molecular weight excluding hydrogens is 258 g/mol. The van der Waals surface area contributed by atoms with Crippen molar-refractivity contribution in [1.29, 1.82) is 0 Å². The van der Waals surface area contributed by atoms with E-state index >= 15 is 0 Å². The predicted octanol–water partition coefficient (Wildman–Crippen LogP) is 2.40. The molecule has 0 saturated carbocycles. The van der Waals surface area contributed by atoms with Crippen LogP contribution in [0.2, 0.25) is 0 Å². The summed E-state index contributed by atoms with van der Waals surface area (Å²) in [6, 6.07) is 12.3. The van der Waals surface area contributed by atoms with Gasteiger partial charge in [0.15, 0.2) is 0 Å². The summed E-state index contributed by atoms with van der Waals surface area (Å²) in [5.74, 6) is -1.25. The Hall–Kier alpha value is -2.56. The molecule has 1 aromatic heterocycles. The Morgan fingerprint density at radius 2 is 1.90 bits per heavy atom. The zero-order chi connectivity index (χ0) is 14.5. The molecule has 20 heavy (non-hydrogen) atoms. The maximum Gasteiger partial charge on any atom is 0.371 e. The number of carbonyl (C=O) groups is 2. The molecule has 1 heterocycles. The first-order valence-corrected chi connectivity index (χ1v) is 6.22. The largest absolute Gasteiger partial charge is 0.475 e. The van der Waals surface area contributed by atoms with Crippen molar-refractivity contribution >= 4 is 11.9 Å². The number of hydrogen-bond acceptors (Lipinski definition) is 3. The van der Waals surface area contributed by atoms with Crippen LogP contribution in [0, 0.1) is 0 Å². The van der Waals surface area contributed by atoms with Crippen molar-refractivity contribution in [3.8, 4) is 0 Å². The van der Waals surface area contributed by atoms with E-state index in [0.29, 0.717) is 5.76 Å². The van der Waals surface area contributed by atoms with Crippen LogP contribution in [0.15, 0.2) is 46.9 Å². The predicted molar refractivity (Wildman–Crippen MR) is 72.4 cm³/mol. The number of aromatic carboxylic acids is 1. The minimum Gasteiger partial charge on any atom is -0.475 e. The van der Waals surface area contributed by atoms with E-state index in [-0.39, 0.29) is 24.1 Å². The van der Waals surface area contributed by atoms with Gasteiger partial charge in [0.2, 0.25) is 11.7 Å². The van der Waals surface area contributed by atoms with Crippen LogP contribution in [0.3, 0.4) is 0 Å². The topological polar surface area (TPSA) is 79.5 Å². The van der Waals surface area contributed by atoms with Crippen LogP contribution in [-0.4, -0.2) is 17.0 Å². The van der Waals surface area contributed by atoms with Gasteiger partial charge in [0.1, 0.15) is 5.76 Å². The number of benzene rings is 1. The van der Waals surface area contributed by atoms with Crippen molar-refractivity contribution in [1.82, 2.24) is 5.32 Å². The average Bonchev–Trinajstić information content (AvgIpc) is 2.94. The normalized spacial score (nSPS) is 11.8. The molecule has 0 fully saturated rings. The van der Waals surface area contributed by atoms with Crippen LogP contribution < -0.4 is 5.32 Å². The highest BCUT2D eigenvalue weighted by molar-refractivity contribution is 5.84. The minimum absolute atomic E-state index is 0.134. The highest BCUT2D eigenvalue weighted by atomic mass is 16.4. The molecule has 2 aromatic rings. The van der Waals surface area contributed by atoms with Crippen molar-refractivity contribution in [2.75, 3.05) is 0 Å². The zero-order valence-corrected chi connectivity index (χ0v) is 11.0. The molecule has 5 nitrogen and oxygen atoms in total. The fourth-order valence-electron chi connectivity index (χ4n) is 1.81. The van der Waals surface area contributed by atoms with E-state index in [2.05, 4.69) is 5.32 Å². The summed E-state index contributed by atoms with van der Waals surface area (Å²) in [5, 5.41) is 11.5. The molecule has 0 spiro atoms. The Balaban J connectivity index is 1.93. The third kappa shape index (κ3) is 3.26. The lowest BCUT2D eigenvalue weighted by molar-refractivity contribution is -0.122. The van der Waals surface area contributed by atoms with Crippen LogP contribution in [0.25, 0.3) is 0 Å². The van der Waals surface area contributed by atoms with Gasteiger partial charge >= 0.3 is 5.97 Å². The van der Waals surface area contributed by atoms with Crippen LogP contribution in [0.4, 0.5) is 0 Å². The number of furan rings is 1. The SMILES string of the molecule is CC(C(=O)NCc1ccc(C(=O)O)o1)c1ccccc1. The van der Waals surface area contributed by atoms with E-state index in [9.17, 15) is 9.59 Å². The lowest BCUT2D eigenvalue weighted by Gasteiger charge is -2.11. The first-order chi connectivity index (χ1) is 9.58. The Labute approximate surface area is 116 Å². The van der Waals surface area contributed by atoms with Gasteiger partial charge in [-0.2, -0.15) is 0 Å².